The molecule has 1 aromatic heterocycles. The quantitative estimate of drug-likeness (QED) is 0.610. The molecule has 0 unspecified atom stereocenters. The zero-order chi connectivity index (χ0) is 26.0. The monoisotopic (exact) mass is 504 g/mol. The van der Waals surface area contributed by atoms with E-state index >= 15 is 0 Å². The molecule has 196 valence electrons. The molecule has 0 spiro atoms. The van der Waals surface area contributed by atoms with Gasteiger partial charge in [0.05, 0.1) is 13.0 Å². The maximum Gasteiger partial charge on any atom is 0.410 e. The highest BCUT2D eigenvalue weighted by Gasteiger charge is 2.41. The van der Waals surface area contributed by atoms with Crippen molar-refractivity contribution in [3.05, 3.63) is 17.4 Å². The number of rotatable bonds is 5. The summed E-state index contributed by atoms with van der Waals surface area (Å²) >= 11 is 0. The minimum absolute atomic E-state index is 0.0233. The third-order valence-corrected chi connectivity index (χ3v) is 6.08. The van der Waals surface area contributed by atoms with E-state index in [1.807, 2.05) is 0 Å². The Morgan fingerprint density at radius 1 is 1.14 bits per heavy atom. The molecule has 0 aromatic carbocycles. The summed E-state index contributed by atoms with van der Waals surface area (Å²) in [5, 5.41) is 2.70. The van der Waals surface area contributed by atoms with Crippen LogP contribution >= 0.6 is 0 Å². The molecule has 1 aromatic rings. The number of pyridine rings is 1. The van der Waals surface area contributed by atoms with E-state index in [1.165, 1.54) is 16.9 Å². The number of alkyl halides is 3. The van der Waals surface area contributed by atoms with Gasteiger partial charge in [-0.1, -0.05) is 0 Å². The number of aromatic nitrogens is 1. The van der Waals surface area contributed by atoms with Gasteiger partial charge in [0.25, 0.3) is 0 Å². The maximum absolute atomic E-state index is 14.9. The summed E-state index contributed by atoms with van der Waals surface area (Å²) in [7, 11) is 1.34. The molecule has 2 saturated heterocycles. The Morgan fingerprint density at radius 3 is 2.37 bits per heavy atom. The average Bonchev–Trinajstić information content (AvgIpc) is 3.26. The second-order valence-electron chi connectivity index (χ2n) is 9.81. The number of likely N-dealkylation sites (tertiary alicyclic amines) is 1. The van der Waals surface area contributed by atoms with Gasteiger partial charge in [-0.15, -0.1) is 0 Å². The fourth-order valence-corrected chi connectivity index (χ4v) is 4.32. The van der Waals surface area contributed by atoms with Crippen molar-refractivity contribution in [2.45, 2.75) is 70.8 Å². The lowest BCUT2D eigenvalue weighted by molar-refractivity contribution is -0.179. The number of hydrogen-bond acceptors (Lipinski definition) is 6. The van der Waals surface area contributed by atoms with E-state index in [-0.39, 0.29) is 49.7 Å². The van der Waals surface area contributed by atoms with Crippen LogP contribution in [0, 0.1) is 11.7 Å². The number of ether oxygens (including phenoxy) is 2. The number of methoxy groups -OCH3 is 1. The van der Waals surface area contributed by atoms with Gasteiger partial charge in [-0.05, 0) is 52.5 Å². The lowest BCUT2D eigenvalue weighted by Crippen LogP contribution is -2.47. The molecule has 3 heterocycles. The number of halogens is 4. The largest absolute Gasteiger partial charge is 0.481 e. The molecule has 1 N–H and O–H groups in total. The normalized spacial score (nSPS) is 19.6. The molecule has 0 radical (unpaired) electrons. The standard InChI is InChI=1S/C23H32F4N4O4/c1-22(2,3)35-21(33)31-9-5-6-17(31)19(32)28-13-14-12-16(24)18(29-20(14)34-4)30-10-7-15(8-11-30)23(25,26)27/h12,15,17H,5-11,13H2,1-4H3,(H,28,32)/t17-/m0/s1. The smallest absolute Gasteiger partial charge is 0.410 e. The van der Waals surface area contributed by atoms with Crippen LogP contribution in [-0.2, 0) is 16.1 Å². The number of nitrogens with one attached hydrogen (secondary N) is 1. The predicted molar refractivity (Wildman–Crippen MR) is 120 cm³/mol. The average molecular weight is 505 g/mol. The second kappa shape index (κ2) is 10.4. The van der Waals surface area contributed by atoms with Crippen molar-refractivity contribution in [3.8, 4) is 5.88 Å². The van der Waals surface area contributed by atoms with Crippen molar-refractivity contribution in [1.82, 2.24) is 15.2 Å². The van der Waals surface area contributed by atoms with E-state index in [1.54, 1.807) is 20.8 Å². The van der Waals surface area contributed by atoms with Gasteiger partial charge >= 0.3 is 12.3 Å². The summed E-state index contributed by atoms with van der Waals surface area (Å²) in [4.78, 5) is 32.3. The van der Waals surface area contributed by atoms with Crippen molar-refractivity contribution in [2.24, 2.45) is 5.92 Å². The van der Waals surface area contributed by atoms with Crippen molar-refractivity contribution in [3.63, 3.8) is 0 Å². The molecule has 2 aliphatic heterocycles. The van der Waals surface area contributed by atoms with Gasteiger partial charge in [-0.3, -0.25) is 9.69 Å². The molecule has 8 nitrogen and oxygen atoms in total. The van der Waals surface area contributed by atoms with E-state index in [0.29, 0.717) is 19.4 Å². The Kier molecular flexibility index (Phi) is 8.00. The molecule has 35 heavy (non-hydrogen) atoms. The predicted octanol–water partition coefficient (Wildman–Crippen LogP) is 4.02. The Hall–Kier alpha value is -2.79. The van der Waals surface area contributed by atoms with Crippen LogP contribution < -0.4 is 15.0 Å². The molecular formula is C23H32F4N4O4. The van der Waals surface area contributed by atoms with Crippen LogP contribution in [-0.4, -0.2) is 66.4 Å². The van der Waals surface area contributed by atoms with E-state index in [2.05, 4.69) is 10.3 Å². The van der Waals surface area contributed by atoms with Crippen LogP contribution in [0.2, 0.25) is 0 Å². The first-order chi connectivity index (χ1) is 16.3. The van der Waals surface area contributed by atoms with Crippen LogP contribution in [0.5, 0.6) is 5.88 Å². The number of hydrogen-bond donors (Lipinski definition) is 1. The van der Waals surface area contributed by atoms with Crippen LogP contribution in [0.1, 0.15) is 52.0 Å². The van der Waals surface area contributed by atoms with E-state index in [0.717, 1.165) is 6.07 Å². The van der Waals surface area contributed by atoms with Crippen LogP contribution in [0.3, 0.4) is 0 Å². The highest BCUT2D eigenvalue weighted by Crippen LogP contribution is 2.36. The number of carbonyl (C=O) groups excluding carboxylic acids is 2. The van der Waals surface area contributed by atoms with Crippen molar-refractivity contribution in [2.75, 3.05) is 31.6 Å². The summed E-state index contributed by atoms with van der Waals surface area (Å²) in [6.07, 6.45) is -3.99. The van der Waals surface area contributed by atoms with Crippen molar-refractivity contribution in [1.29, 1.82) is 0 Å². The van der Waals surface area contributed by atoms with E-state index in [4.69, 9.17) is 9.47 Å². The van der Waals surface area contributed by atoms with Crippen LogP contribution in [0.15, 0.2) is 6.07 Å². The van der Waals surface area contributed by atoms with Crippen LogP contribution in [0.25, 0.3) is 0 Å². The summed E-state index contributed by atoms with van der Waals surface area (Å²) in [6, 6.07) is 0.459. The molecule has 2 aliphatic rings. The van der Waals surface area contributed by atoms with E-state index < -0.39 is 41.6 Å². The van der Waals surface area contributed by atoms with Gasteiger partial charge in [-0.2, -0.15) is 18.2 Å². The highest BCUT2D eigenvalue weighted by atomic mass is 19.4. The van der Waals surface area contributed by atoms with Crippen molar-refractivity contribution < 1.29 is 36.6 Å². The highest BCUT2D eigenvalue weighted by molar-refractivity contribution is 5.86. The van der Waals surface area contributed by atoms with Crippen molar-refractivity contribution >= 4 is 17.8 Å². The molecule has 0 bridgehead atoms. The molecule has 12 heteroatoms. The van der Waals surface area contributed by atoms with Gasteiger partial charge in [-0.25, -0.2) is 9.18 Å². The third kappa shape index (κ3) is 6.66. The van der Waals surface area contributed by atoms with Gasteiger partial charge < -0.3 is 19.7 Å². The molecule has 0 aliphatic carbocycles. The zero-order valence-corrected chi connectivity index (χ0v) is 20.4. The first-order valence-electron chi connectivity index (χ1n) is 11.6. The van der Waals surface area contributed by atoms with Gasteiger partial charge in [0.15, 0.2) is 11.6 Å². The summed E-state index contributed by atoms with van der Waals surface area (Å²) < 4.78 is 64.3. The number of amides is 2. The second-order valence-corrected chi connectivity index (χ2v) is 9.81. The molecule has 2 amide bonds. The lowest BCUT2D eigenvalue weighted by atomic mass is 9.96. The number of piperidine rings is 1. The van der Waals surface area contributed by atoms with Gasteiger partial charge in [0, 0.05) is 31.7 Å². The maximum atomic E-state index is 14.9. The number of nitrogens with zero attached hydrogens (tertiary/aromatic N) is 3. The van der Waals surface area contributed by atoms with Crippen LogP contribution in [0.4, 0.5) is 28.2 Å². The molecule has 3 rings (SSSR count). The SMILES string of the molecule is COc1nc(N2CCC(C(F)(F)F)CC2)c(F)cc1CNC(=O)[C@@H]1CCCN1C(=O)OC(C)(C)C. The zero-order valence-electron chi connectivity index (χ0n) is 20.4. The topological polar surface area (TPSA) is 84.0 Å². The molecule has 1 atom stereocenters. The fraction of sp³-hybridized carbons (Fsp3) is 0.696. The summed E-state index contributed by atoms with van der Waals surface area (Å²) in [5.74, 6) is -2.54. The Balaban J connectivity index is 1.65. The van der Waals surface area contributed by atoms with E-state index in [9.17, 15) is 27.2 Å². The van der Waals surface area contributed by atoms with Gasteiger partial charge in [0.1, 0.15) is 11.6 Å². The molecule has 0 saturated carbocycles. The molecule has 2 fully saturated rings. The molecular weight excluding hydrogens is 472 g/mol. The third-order valence-electron chi connectivity index (χ3n) is 6.08. The number of carbonyl (C=O) groups is 2. The Labute approximate surface area is 201 Å². The fourth-order valence-electron chi connectivity index (χ4n) is 4.32. The summed E-state index contributed by atoms with van der Waals surface area (Å²) in [6.45, 7) is 5.57. The lowest BCUT2D eigenvalue weighted by Gasteiger charge is -2.34. The summed E-state index contributed by atoms with van der Waals surface area (Å²) in [5.41, 5.74) is -0.421. The Morgan fingerprint density at radius 2 is 1.80 bits per heavy atom. The Bertz CT molecular complexity index is 927. The minimum atomic E-state index is -4.27. The van der Waals surface area contributed by atoms with Gasteiger partial charge in [0.2, 0.25) is 11.8 Å². The minimum Gasteiger partial charge on any atom is -0.481 e. The number of anilines is 1. The first kappa shape index (κ1) is 26.8. The first-order valence-corrected chi connectivity index (χ1v) is 11.6.